The molecule has 0 aliphatic heterocycles. The van der Waals surface area contributed by atoms with Gasteiger partial charge in [0.25, 0.3) is 0 Å². The molecular weight excluding hydrogens is 386 g/mol. The second kappa shape index (κ2) is 8.80. The van der Waals surface area contributed by atoms with Crippen LogP contribution in [0.3, 0.4) is 0 Å². The molecule has 0 atom stereocenters. The molecule has 0 radical (unpaired) electrons. The highest BCUT2D eigenvalue weighted by Crippen LogP contribution is 2.31. The number of thioether (sulfide) groups is 2. The molecule has 3 rings (SSSR count). The van der Waals surface area contributed by atoms with Gasteiger partial charge in [-0.3, -0.25) is 3.96 Å². The lowest BCUT2D eigenvalue weighted by Crippen LogP contribution is -2.11. The normalized spacial score (nSPS) is 11.9. The first-order valence-corrected chi connectivity index (χ1v) is 11.2. The fraction of sp³-hybridized carbons (Fsp3) is 0.167. The molecule has 0 saturated heterocycles. The molecule has 0 amide bonds. The molecule has 1 aromatic heterocycles. The molecule has 0 N–H and O–H groups in total. The quantitative estimate of drug-likeness (QED) is 0.460. The molecule has 0 unspecified atom stereocenters. The molecule has 0 aliphatic rings. The van der Waals surface area contributed by atoms with Crippen molar-refractivity contribution < 1.29 is 0 Å². The van der Waals surface area contributed by atoms with E-state index in [4.69, 9.17) is 12.2 Å². The van der Waals surface area contributed by atoms with Crippen molar-refractivity contribution in [3.63, 3.8) is 0 Å². The van der Waals surface area contributed by atoms with Crippen LogP contribution in [0.5, 0.6) is 0 Å². The lowest BCUT2D eigenvalue weighted by molar-refractivity contribution is 0.660. The summed E-state index contributed by atoms with van der Waals surface area (Å²) in [4.78, 5) is 9.80. The Morgan fingerprint density at radius 3 is 2.08 bits per heavy atom. The van der Waals surface area contributed by atoms with Crippen LogP contribution in [0.1, 0.15) is 17.2 Å². The van der Waals surface area contributed by atoms with E-state index < -0.39 is 0 Å². The van der Waals surface area contributed by atoms with Gasteiger partial charge in [-0.1, -0.05) is 96.4 Å². The van der Waals surface area contributed by atoms with Gasteiger partial charge in [-0.15, -0.1) is 0 Å². The zero-order chi connectivity index (χ0) is 17.6. The minimum atomic E-state index is 0.0640. The van der Waals surface area contributed by atoms with E-state index in [1.54, 1.807) is 23.3 Å². The van der Waals surface area contributed by atoms with E-state index in [2.05, 4.69) is 62.5 Å². The minimum Gasteiger partial charge on any atom is -0.261 e. The molecule has 0 bridgehead atoms. The molecule has 25 heavy (non-hydrogen) atoms. The second-order valence-corrected chi connectivity index (χ2v) is 8.26. The van der Waals surface area contributed by atoms with E-state index in [0.717, 1.165) is 5.16 Å². The monoisotopic (exact) mass is 403 g/mol. The van der Waals surface area contributed by atoms with Crippen LogP contribution in [0.25, 0.3) is 0 Å². The van der Waals surface area contributed by atoms with Crippen molar-refractivity contribution in [2.45, 2.75) is 11.2 Å². The SMILES string of the molecule is CSC(=S)/N=c1/nc(SC)n(C(c2ccccc2)c2ccccc2)s1. The van der Waals surface area contributed by atoms with E-state index in [-0.39, 0.29) is 6.04 Å². The molecule has 3 aromatic rings. The first kappa shape index (κ1) is 18.4. The summed E-state index contributed by atoms with van der Waals surface area (Å²) in [6.45, 7) is 0. The Morgan fingerprint density at radius 2 is 1.60 bits per heavy atom. The van der Waals surface area contributed by atoms with Gasteiger partial charge in [0.05, 0.1) is 6.04 Å². The van der Waals surface area contributed by atoms with Crippen molar-refractivity contribution >= 4 is 51.6 Å². The predicted octanol–water partition coefficient (Wildman–Crippen LogP) is 4.85. The number of thiocarbonyl (C=S) groups is 1. The largest absolute Gasteiger partial charge is 0.261 e. The third-order valence-corrected chi connectivity index (χ3v) is 6.30. The van der Waals surface area contributed by atoms with Gasteiger partial charge >= 0.3 is 0 Å². The Balaban J connectivity index is 2.17. The lowest BCUT2D eigenvalue weighted by atomic mass is 9.99. The van der Waals surface area contributed by atoms with E-state index in [1.807, 2.05) is 24.6 Å². The maximum absolute atomic E-state index is 5.23. The Morgan fingerprint density at radius 1 is 1.04 bits per heavy atom. The highest BCUT2D eigenvalue weighted by Gasteiger charge is 2.20. The summed E-state index contributed by atoms with van der Waals surface area (Å²) in [7, 11) is 0. The molecule has 7 heteroatoms. The second-order valence-electron chi connectivity index (χ2n) is 5.10. The van der Waals surface area contributed by atoms with Crippen molar-refractivity contribution in [2.24, 2.45) is 4.99 Å². The Bertz CT molecular complexity index is 861. The zero-order valence-electron chi connectivity index (χ0n) is 13.8. The molecular formula is C18H17N3S4. The number of aromatic nitrogens is 2. The van der Waals surface area contributed by atoms with Crippen LogP contribution in [-0.2, 0) is 0 Å². The van der Waals surface area contributed by atoms with Gasteiger partial charge in [0.1, 0.15) is 0 Å². The molecule has 3 nitrogen and oxygen atoms in total. The van der Waals surface area contributed by atoms with Gasteiger partial charge in [-0.25, -0.2) is 0 Å². The van der Waals surface area contributed by atoms with Crippen LogP contribution in [0.15, 0.2) is 70.8 Å². The number of nitrogens with zero attached hydrogens (tertiary/aromatic N) is 3. The molecule has 0 spiro atoms. The van der Waals surface area contributed by atoms with Gasteiger partial charge in [0.15, 0.2) is 9.48 Å². The van der Waals surface area contributed by atoms with Gasteiger partial charge in [0, 0.05) is 0 Å². The van der Waals surface area contributed by atoms with E-state index in [9.17, 15) is 0 Å². The molecule has 128 valence electrons. The smallest absolute Gasteiger partial charge is 0.229 e. The maximum atomic E-state index is 5.23. The number of benzene rings is 2. The van der Waals surface area contributed by atoms with Gasteiger partial charge in [0.2, 0.25) is 4.80 Å². The highest BCUT2D eigenvalue weighted by atomic mass is 32.2. The third-order valence-electron chi connectivity index (χ3n) is 3.57. The van der Waals surface area contributed by atoms with Crippen molar-refractivity contribution in [3.05, 3.63) is 76.6 Å². The summed E-state index contributed by atoms with van der Waals surface area (Å²) >= 11 is 9.85. The van der Waals surface area contributed by atoms with Gasteiger partial charge in [-0.05, 0) is 35.2 Å². The summed E-state index contributed by atoms with van der Waals surface area (Å²) in [5, 5.41) is 0.936. The first-order valence-electron chi connectivity index (χ1n) is 7.59. The predicted molar refractivity (Wildman–Crippen MR) is 114 cm³/mol. The fourth-order valence-corrected chi connectivity index (χ4v) is 4.62. The van der Waals surface area contributed by atoms with Crippen LogP contribution in [0.2, 0.25) is 0 Å². The number of hydrogen-bond donors (Lipinski definition) is 0. The van der Waals surface area contributed by atoms with Crippen molar-refractivity contribution in [3.8, 4) is 0 Å². The Hall–Kier alpha value is -1.41. The van der Waals surface area contributed by atoms with Crippen LogP contribution in [0.4, 0.5) is 0 Å². The topological polar surface area (TPSA) is 30.2 Å². The molecule has 1 heterocycles. The maximum Gasteiger partial charge on any atom is 0.229 e. The zero-order valence-corrected chi connectivity index (χ0v) is 17.1. The van der Waals surface area contributed by atoms with Crippen molar-refractivity contribution in [1.82, 2.24) is 8.94 Å². The van der Waals surface area contributed by atoms with Crippen molar-refractivity contribution in [2.75, 3.05) is 12.5 Å². The van der Waals surface area contributed by atoms with Gasteiger partial charge < -0.3 is 0 Å². The van der Waals surface area contributed by atoms with E-state index in [1.165, 1.54) is 22.9 Å². The average Bonchev–Trinajstić information content (AvgIpc) is 3.06. The molecule has 2 aromatic carbocycles. The summed E-state index contributed by atoms with van der Waals surface area (Å²) < 4.78 is 2.82. The van der Waals surface area contributed by atoms with E-state index >= 15 is 0 Å². The average molecular weight is 404 g/mol. The standard InChI is InChI=1S/C18H17N3S4/c1-23-17-19-16(20-18(22)24-2)25-21(17)15(13-9-5-3-6-10-13)14-11-7-4-8-12-14/h3-12,15H,1-2H3/b20-16-. The first-order chi connectivity index (χ1) is 12.2. The minimum absolute atomic E-state index is 0.0640. The van der Waals surface area contributed by atoms with Crippen LogP contribution < -0.4 is 4.80 Å². The fourth-order valence-electron chi connectivity index (χ4n) is 2.48. The molecule has 0 fully saturated rings. The third kappa shape index (κ3) is 4.41. The Labute approximate surface area is 165 Å². The van der Waals surface area contributed by atoms with Crippen LogP contribution >= 0.6 is 47.3 Å². The lowest BCUT2D eigenvalue weighted by Gasteiger charge is -2.20. The summed E-state index contributed by atoms with van der Waals surface area (Å²) in [5.41, 5.74) is 2.44. The number of rotatable bonds is 4. The summed E-state index contributed by atoms with van der Waals surface area (Å²) in [5.74, 6) is 0. The van der Waals surface area contributed by atoms with Crippen LogP contribution in [-0.4, -0.2) is 25.8 Å². The van der Waals surface area contributed by atoms with E-state index in [0.29, 0.717) is 9.12 Å². The molecule has 0 saturated carbocycles. The van der Waals surface area contributed by atoms with Crippen molar-refractivity contribution in [1.29, 1.82) is 0 Å². The number of hydrogen-bond acceptors (Lipinski definition) is 5. The summed E-state index contributed by atoms with van der Waals surface area (Å²) in [6.07, 6.45) is 3.97. The van der Waals surface area contributed by atoms with Crippen LogP contribution in [0, 0.1) is 0 Å². The highest BCUT2D eigenvalue weighted by molar-refractivity contribution is 8.22. The Kier molecular flexibility index (Phi) is 6.47. The van der Waals surface area contributed by atoms with Gasteiger partial charge in [-0.2, -0.15) is 9.98 Å². The summed E-state index contributed by atoms with van der Waals surface area (Å²) in [6, 6.07) is 21.0. The molecule has 0 aliphatic carbocycles.